The van der Waals surface area contributed by atoms with E-state index in [0.29, 0.717) is 31.0 Å². The predicted molar refractivity (Wildman–Crippen MR) is 144 cm³/mol. The molecular weight excluding hydrogens is 492 g/mol. The van der Waals surface area contributed by atoms with Gasteiger partial charge in [-0.15, -0.1) is 11.3 Å². The van der Waals surface area contributed by atoms with Crippen molar-refractivity contribution >= 4 is 50.7 Å². The molecule has 5 heterocycles. The summed E-state index contributed by atoms with van der Waals surface area (Å²) in [4.78, 5) is 34.0. The first kappa shape index (κ1) is 22.7. The minimum absolute atomic E-state index is 0.0837. The molecule has 4 aliphatic rings. The van der Waals surface area contributed by atoms with Gasteiger partial charge in [0.2, 0.25) is 11.8 Å². The van der Waals surface area contributed by atoms with Gasteiger partial charge in [0.1, 0.15) is 0 Å². The minimum Gasteiger partial charge on any atom is -0.366 e. The Kier molecular flexibility index (Phi) is 5.38. The molecule has 6 nitrogen and oxygen atoms in total. The molecule has 3 aromatic rings. The maximum Gasteiger partial charge on any atom is 0.230 e. The van der Waals surface area contributed by atoms with Crippen LogP contribution in [0.2, 0.25) is 5.02 Å². The number of carbonyl (C=O) groups is 2. The lowest BCUT2D eigenvalue weighted by Gasteiger charge is -2.41. The Hall–Kier alpha value is -2.48. The van der Waals surface area contributed by atoms with Crippen molar-refractivity contribution in [3.63, 3.8) is 0 Å². The topological polar surface area (TPSA) is 65.5 Å². The van der Waals surface area contributed by atoms with E-state index in [1.165, 1.54) is 47.4 Å². The number of nitrogens with zero attached hydrogens (tertiary/aromatic N) is 3. The van der Waals surface area contributed by atoms with Crippen LogP contribution in [0.1, 0.15) is 55.4 Å². The molecular formula is C28H29ClN4O2S. The third-order valence-corrected chi connectivity index (χ3v) is 9.96. The van der Waals surface area contributed by atoms with Gasteiger partial charge in [-0.25, -0.2) is 0 Å². The Morgan fingerprint density at radius 3 is 2.67 bits per heavy atom. The van der Waals surface area contributed by atoms with Crippen molar-refractivity contribution in [2.24, 2.45) is 0 Å². The molecule has 2 saturated heterocycles. The molecule has 3 aliphatic heterocycles. The number of carbonyl (C=O) groups excluding carboxylic acids is 2. The van der Waals surface area contributed by atoms with Gasteiger partial charge < -0.3 is 10.2 Å². The van der Waals surface area contributed by atoms with Gasteiger partial charge in [-0.05, 0) is 68.4 Å². The number of aromatic nitrogens is 1. The summed E-state index contributed by atoms with van der Waals surface area (Å²) in [5, 5.41) is 4.62. The average Bonchev–Trinajstić information content (AvgIpc) is 3.56. The smallest absolute Gasteiger partial charge is 0.230 e. The van der Waals surface area contributed by atoms with Gasteiger partial charge in [0, 0.05) is 70.4 Å². The Morgan fingerprint density at radius 1 is 1.08 bits per heavy atom. The van der Waals surface area contributed by atoms with Crippen molar-refractivity contribution < 1.29 is 9.59 Å². The lowest BCUT2D eigenvalue weighted by atomic mass is 9.75. The number of nitrogens with one attached hydrogen (secondary N) is 1. The highest BCUT2D eigenvalue weighted by Crippen LogP contribution is 2.47. The molecule has 0 bridgehead atoms. The fraction of sp³-hybridized carbons (Fsp3) is 0.464. The number of thiophene rings is 1. The maximum absolute atomic E-state index is 12.2. The third kappa shape index (κ3) is 3.66. The number of hydrogen-bond donors (Lipinski definition) is 1. The number of anilines is 1. The summed E-state index contributed by atoms with van der Waals surface area (Å²) in [6.07, 6.45) is 9.80. The molecule has 186 valence electrons. The van der Waals surface area contributed by atoms with E-state index < -0.39 is 0 Å². The lowest BCUT2D eigenvalue weighted by Crippen LogP contribution is -2.46. The molecule has 8 heteroatoms. The van der Waals surface area contributed by atoms with Crippen molar-refractivity contribution in [1.29, 1.82) is 0 Å². The van der Waals surface area contributed by atoms with Crippen molar-refractivity contribution in [3.05, 3.63) is 45.9 Å². The van der Waals surface area contributed by atoms with E-state index in [0.717, 1.165) is 51.6 Å². The predicted octanol–water partition coefficient (Wildman–Crippen LogP) is 5.30. The number of benzene rings is 1. The Morgan fingerprint density at radius 2 is 1.92 bits per heavy atom. The zero-order chi connectivity index (χ0) is 24.4. The van der Waals surface area contributed by atoms with Gasteiger partial charge in [0.05, 0.1) is 16.8 Å². The summed E-state index contributed by atoms with van der Waals surface area (Å²) in [6.45, 7) is 2.43. The molecule has 1 saturated carbocycles. The molecule has 2 amide bonds. The van der Waals surface area contributed by atoms with E-state index in [9.17, 15) is 9.59 Å². The summed E-state index contributed by atoms with van der Waals surface area (Å²) in [7, 11) is 0. The van der Waals surface area contributed by atoms with Crippen molar-refractivity contribution in [1.82, 2.24) is 15.2 Å². The van der Waals surface area contributed by atoms with Crippen LogP contribution in [0.25, 0.3) is 21.3 Å². The van der Waals surface area contributed by atoms with Crippen LogP contribution in [-0.2, 0) is 22.6 Å². The van der Waals surface area contributed by atoms with Crippen LogP contribution in [0.15, 0.2) is 30.5 Å². The first-order valence-corrected chi connectivity index (χ1v) is 14.2. The average molecular weight is 521 g/mol. The van der Waals surface area contributed by atoms with Crippen LogP contribution in [0.3, 0.4) is 0 Å². The first-order valence-electron chi connectivity index (χ1n) is 13.0. The van der Waals surface area contributed by atoms with Gasteiger partial charge in [0.25, 0.3) is 0 Å². The molecule has 36 heavy (non-hydrogen) atoms. The molecule has 1 spiro atoms. The number of likely N-dealkylation sites (tertiary alicyclic amines) is 1. The van der Waals surface area contributed by atoms with Crippen LogP contribution in [0, 0.1) is 0 Å². The molecule has 1 unspecified atom stereocenters. The van der Waals surface area contributed by atoms with Gasteiger partial charge in [0.15, 0.2) is 0 Å². The molecule has 7 rings (SSSR count). The van der Waals surface area contributed by atoms with E-state index in [1.54, 1.807) is 11.3 Å². The number of fused-ring (bicyclic) bond motifs is 2. The summed E-state index contributed by atoms with van der Waals surface area (Å²) in [6, 6.07) is 8.87. The largest absolute Gasteiger partial charge is 0.366 e. The Bertz CT molecular complexity index is 1380. The van der Waals surface area contributed by atoms with Crippen LogP contribution in [0.5, 0.6) is 0 Å². The fourth-order valence-corrected chi connectivity index (χ4v) is 8.05. The first-order chi connectivity index (χ1) is 17.5. The number of pyridine rings is 1. The zero-order valence-electron chi connectivity index (χ0n) is 20.2. The number of aryl methyl sites for hydroxylation is 1. The minimum atomic E-state index is -0.0837. The lowest BCUT2D eigenvalue weighted by molar-refractivity contribution is -0.138. The summed E-state index contributed by atoms with van der Waals surface area (Å²) >= 11 is 8.32. The van der Waals surface area contributed by atoms with Crippen LogP contribution < -0.4 is 10.2 Å². The van der Waals surface area contributed by atoms with Gasteiger partial charge in [-0.2, -0.15) is 0 Å². The van der Waals surface area contributed by atoms with Crippen LogP contribution in [-0.4, -0.2) is 46.4 Å². The number of imide groups is 1. The van der Waals surface area contributed by atoms with E-state index in [-0.39, 0.29) is 11.8 Å². The van der Waals surface area contributed by atoms with Crippen LogP contribution >= 0.6 is 22.9 Å². The number of amides is 2. The summed E-state index contributed by atoms with van der Waals surface area (Å²) in [5.74, 6) is -0.167. The monoisotopic (exact) mass is 520 g/mol. The molecule has 3 fully saturated rings. The van der Waals surface area contributed by atoms with E-state index in [1.807, 2.05) is 12.3 Å². The molecule has 1 atom stereocenters. The molecule has 2 aromatic heterocycles. The molecule has 0 radical (unpaired) electrons. The van der Waals surface area contributed by atoms with E-state index in [2.05, 4.69) is 33.4 Å². The van der Waals surface area contributed by atoms with Crippen LogP contribution in [0.4, 0.5) is 5.69 Å². The van der Waals surface area contributed by atoms with Crippen molar-refractivity contribution in [2.75, 3.05) is 18.0 Å². The molecule has 1 aliphatic carbocycles. The highest BCUT2D eigenvalue weighted by molar-refractivity contribution is 7.19. The molecule has 1 aromatic carbocycles. The second-order valence-electron chi connectivity index (χ2n) is 10.8. The summed E-state index contributed by atoms with van der Waals surface area (Å²) in [5.41, 5.74) is 6.20. The number of hydrogen-bond acceptors (Lipinski definition) is 6. The number of rotatable bonds is 4. The number of halogens is 1. The van der Waals surface area contributed by atoms with Gasteiger partial charge in [-0.3, -0.25) is 19.5 Å². The highest BCUT2D eigenvalue weighted by Gasteiger charge is 2.45. The van der Waals surface area contributed by atoms with E-state index >= 15 is 0 Å². The highest BCUT2D eigenvalue weighted by atomic mass is 35.5. The fourth-order valence-electron chi connectivity index (χ4n) is 6.67. The van der Waals surface area contributed by atoms with E-state index in [4.69, 9.17) is 11.6 Å². The van der Waals surface area contributed by atoms with Gasteiger partial charge >= 0.3 is 0 Å². The third-order valence-electron chi connectivity index (χ3n) is 8.60. The Labute approximate surface area is 219 Å². The van der Waals surface area contributed by atoms with Gasteiger partial charge in [-0.1, -0.05) is 11.6 Å². The standard InChI is InChI=1S/C28H29ClN4O2S/c29-18-11-17-3-1-10-32(19-14-28(31-15-19)7-2-8-28)26(17)22(12-18)21-6-9-30-23-13-20(36-27(21)23)16-33-24(34)4-5-25(33)35/h6,9,11-13,19,31H,1-5,7-8,10,14-16H2. The zero-order valence-corrected chi connectivity index (χ0v) is 21.8. The summed E-state index contributed by atoms with van der Waals surface area (Å²) < 4.78 is 1.08. The normalized spacial score (nSPS) is 23.1. The second-order valence-corrected chi connectivity index (χ2v) is 12.4. The quantitative estimate of drug-likeness (QED) is 0.473. The molecule has 1 N–H and O–H groups in total. The SMILES string of the molecule is O=C1CCC(=O)N1Cc1cc2nccc(-c3cc(Cl)cc4c3N(C3CNC5(CCC5)C3)CCC4)c2s1. The van der Waals surface area contributed by atoms with Crippen molar-refractivity contribution in [3.8, 4) is 11.1 Å². The Balaban J connectivity index is 1.30. The second kappa shape index (κ2) is 8.54. The van der Waals surface area contributed by atoms with Crippen molar-refractivity contribution in [2.45, 2.75) is 69.5 Å². The maximum atomic E-state index is 12.2.